The highest BCUT2D eigenvalue weighted by molar-refractivity contribution is 7.80. The van der Waals surface area contributed by atoms with E-state index in [1.807, 2.05) is 18.2 Å². The Balaban J connectivity index is 1.61. The lowest BCUT2D eigenvalue weighted by atomic mass is 10.2. The van der Waals surface area contributed by atoms with Crippen LogP contribution >= 0.6 is 23.6 Å². The van der Waals surface area contributed by atoms with Crippen molar-refractivity contribution in [2.24, 2.45) is 0 Å². The van der Waals surface area contributed by atoms with E-state index in [2.05, 4.69) is 44.3 Å². The molecule has 0 spiro atoms. The first-order chi connectivity index (χ1) is 12.8. The number of ether oxygens (including phenoxy) is 1. The summed E-state index contributed by atoms with van der Waals surface area (Å²) in [6.07, 6.45) is 1.52. The predicted molar refractivity (Wildman–Crippen MR) is 108 cm³/mol. The molecule has 0 aliphatic rings. The van der Waals surface area contributed by atoms with Crippen molar-refractivity contribution < 1.29 is 9.84 Å². The van der Waals surface area contributed by atoms with Gasteiger partial charge in [0.25, 0.3) is 0 Å². The Morgan fingerprint density at radius 1 is 1.19 bits per heavy atom. The van der Waals surface area contributed by atoms with Gasteiger partial charge in [0, 0.05) is 11.4 Å². The number of nitrogens with zero attached hydrogens (tertiary/aromatic N) is 2. The molecule has 1 aromatic carbocycles. The minimum absolute atomic E-state index is 0.0136. The van der Waals surface area contributed by atoms with Crippen LogP contribution in [-0.2, 0) is 4.74 Å². The Bertz CT molecular complexity index is 857. The minimum Gasteiger partial charge on any atom is -0.394 e. The lowest BCUT2D eigenvalue weighted by Gasteiger charge is -2.12. The maximum atomic E-state index is 8.64. The molecule has 0 unspecified atom stereocenters. The number of thiophene rings is 1. The summed E-state index contributed by atoms with van der Waals surface area (Å²) >= 11 is 6.83. The van der Waals surface area contributed by atoms with Crippen LogP contribution in [0, 0.1) is 0 Å². The number of aliphatic hydroxyl groups excluding tert-OH is 1. The zero-order valence-corrected chi connectivity index (χ0v) is 15.6. The maximum absolute atomic E-state index is 8.64. The summed E-state index contributed by atoms with van der Waals surface area (Å²) in [5.74, 6) is 0.669. The van der Waals surface area contributed by atoms with E-state index in [4.69, 9.17) is 22.1 Å². The average Bonchev–Trinajstić information content (AvgIpc) is 3.12. The first-order valence-electron chi connectivity index (χ1n) is 8.06. The Labute approximate surface area is 160 Å². The normalized spacial score (nSPS) is 10.7. The van der Waals surface area contributed by atoms with Crippen LogP contribution in [0.2, 0.25) is 0 Å². The molecule has 0 saturated carbocycles. The van der Waals surface area contributed by atoms with E-state index >= 15 is 0 Å². The van der Waals surface area contributed by atoms with Gasteiger partial charge >= 0.3 is 0 Å². The zero-order valence-electron chi connectivity index (χ0n) is 13.9. The van der Waals surface area contributed by atoms with Crippen LogP contribution in [0.1, 0.15) is 0 Å². The van der Waals surface area contributed by atoms with Crippen LogP contribution in [0.3, 0.4) is 0 Å². The Kier molecular flexibility index (Phi) is 6.67. The number of anilines is 1. The van der Waals surface area contributed by atoms with E-state index in [1.54, 1.807) is 11.3 Å². The predicted octanol–water partition coefficient (Wildman–Crippen LogP) is 2.16. The fourth-order valence-corrected chi connectivity index (χ4v) is 3.47. The molecule has 26 heavy (non-hydrogen) atoms. The molecule has 7 nitrogen and oxygen atoms in total. The van der Waals surface area contributed by atoms with Gasteiger partial charge in [0.2, 0.25) is 0 Å². The number of hydrogen-bond donors (Lipinski definition) is 4. The Morgan fingerprint density at radius 2 is 2.04 bits per heavy atom. The van der Waals surface area contributed by atoms with Crippen LogP contribution in [0.15, 0.2) is 42.7 Å². The number of rotatable bonds is 8. The SMILES string of the molecule is OCCOCCNC(=S)NNc1ncnc2cc(-c3ccccc3)sc12. The Morgan fingerprint density at radius 3 is 2.85 bits per heavy atom. The van der Waals surface area contributed by atoms with Crippen molar-refractivity contribution in [1.82, 2.24) is 20.7 Å². The van der Waals surface area contributed by atoms with Crippen LogP contribution in [0.5, 0.6) is 0 Å². The Hall–Kier alpha value is -2.33. The maximum Gasteiger partial charge on any atom is 0.185 e. The number of fused-ring (bicyclic) bond motifs is 1. The highest BCUT2D eigenvalue weighted by Crippen LogP contribution is 2.35. The van der Waals surface area contributed by atoms with Gasteiger partial charge in [-0.2, -0.15) is 0 Å². The minimum atomic E-state index is 0.0136. The molecule has 0 fully saturated rings. The molecule has 9 heteroatoms. The van der Waals surface area contributed by atoms with E-state index in [1.165, 1.54) is 6.33 Å². The molecule has 136 valence electrons. The monoisotopic (exact) mass is 389 g/mol. The molecule has 4 N–H and O–H groups in total. The van der Waals surface area contributed by atoms with Crippen LogP contribution in [0.4, 0.5) is 5.82 Å². The number of benzene rings is 1. The molecule has 2 heterocycles. The second-order valence-electron chi connectivity index (χ2n) is 5.26. The topological polar surface area (TPSA) is 91.3 Å². The second-order valence-corrected chi connectivity index (χ2v) is 6.72. The molecular weight excluding hydrogens is 370 g/mol. The summed E-state index contributed by atoms with van der Waals surface area (Å²) in [6.45, 7) is 1.34. The summed E-state index contributed by atoms with van der Waals surface area (Å²) in [6, 6.07) is 12.2. The number of aromatic nitrogens is 2. The average molecular weight is 390 g/mol. The van der Waals surface area contributed by atoms with E-state index in [9.17, 15) is 0 Å². The third-order valence-corrected chi connectivity index (χ3v) is 4.86. The number of hydrazine groups is 1. The largest absolute Gasteiger partial charge is 0.394 e. The second kappa shape index (κ2) is 9.39. The first kappa shape index (κ1) is 18.5. The van der Waals surface area contributed by atoms with Gasteiger partial charge in [-0.25, -0.2) is 9.97 Å². The number of thiocarbonyl (C=S) groups is 1. The van der Waals surface area contributed by atoms with E-state index < -0.39 is 0 Å². The standard InChI is InChI=1S/C17H19N5O2S2/c23-7-9-24-8-6-18-17(25)22-21-16-15-13(19-11-20-16)10-14(26-15)12-4-2-1-3-5-12/h1-5,10-11,23H,6-9H2,(H2,18,22,25)(H,19,20,21). The van der Waals surface area contributed by atoms with Crippen LogP contribution < -0.4 is 16.2 Å². The third kappa shape index (κ3) is 4.85. The van der Waals surface area contributed by atoms with Gasteiger partial charge in [-0.05, 0) is 23.8 Å². The number of aliphatic hydroxyl groups is 1. The highest BCUT2D eigenvalue weighted by atomic mass is 32.1. The fourth-order valence-electron chi connectivity index (χ4n) is 2.25. The summed E-state index contributed by atoms with van der Waals surface area (Å²) in [4.78, 5) is 9.76. The van der Waals surface area contributed by atoms with Gasteiger partial charge in [0.05, 0.1) is 30.0 Å². The van der Waals surface area contributed by atoms with Crippen molar-refractivity contribution in [1.29, 1.82) is 0 Å². The quantitative estimate of drug-likeness (QED) is 0.265. The van der Waals surface area contributed by atoms with E-state index in [-0.39, 0.29) is 6.61 Å². The van der Waals surface area contributed by atoms with Gasteiger partial charge in [-0.3, -0.25) is 10.9 Å². The molecule has 0 aliphatic carbocycles. The molecule has 0 saturated heterocycles. The molecule has 3 rings (SSSR count). The zero-order chi connectivity index (χ0) is 18.2. The lowest BCUT2D eigenvalue weighted by molar-refractivity contribution is 0.0958. The molecule has 0 aliphatic heterocycles. The first-order valence-corrected chi connectivity index (χ1v) is 9.29. The van der Waals surface area contributed by atoms with Crippen molar-refractivity contribution in [3.8, 4) is 10.4 Å². The van der Waals surface area contributed by atoms with Crippen molar-refractivity contribution in [2.45, 2.75) is 0 Å². The number of nitrogens with one attached hydrogen (secondary N) is 3. The summed E-state index contributed by atoms with van der Waals surface area (Å²) in [5, 5.41) is 12.1. The third-order valence-electron chi connectivity index (χ3n) is 3.43. The van der Waals surface area contributed by atoms with Gasteiger partial charge in [0.1, 0.15) is 6.33 Å². The van der Waals surface area contributed by atoms with Crippen molar-refractivity contribution >= 4 is 44.7 Å². The van der Waals surface area contributed by atoms with Crippen LogP contribution in [-0.4, -0.2) is 46.6 Å². The van der Waals surface area contributed by atoms with Gasteiger partial charge in [-0.1, -0.05) is 30.3 Å². The summed E-state index contributed by atoms with van der Waals surface area (Å²) in [7, 11) is 0. The van der Waals surface area contributed by atoms with Gasteiger partial charge in [-0.15, -0.1) is 11.3 Å². The molecule has 3 aromatic rings. The molecule has 0 bridgehead atoms. The smallest absolute Gasteiger partial charge is 0.185 e. The fraction of sp³-hybridized carbons (Fsp3) is 0.235. The molecule has 2 aromatic heterocycles. The lowest BCUT2D eigenvalue weighted by Crippen LogP contribution is -2.40. The van der Waals surface area contributed by atoms with Gasteiger partial charge < -0.3 is 15.2 Å². The van der Waals surface area contributed by atoms with E-state index in [0.29, 0.717) is 30.7 Å². The van der Waals surface area contributed by atoms with Crippen LogP contribution in [0.25, 0.3) is 20.7 Å². The van der Waals surface area contributed by atoms with Crippen molar-refractivity contribution in [3.05, 3.63) is 42.7 Å². The molecule has 0 atom stereocenters. The molecule has 0 radical (unpaired) electrons. The van der Waals surface area contributed by atoms with Crippen molar-refractivity contribution in [3.63, 3.8) is 0 Å². The van der Waals surface area contributed by atoms with E-state index in [0.717, 1.165) is 20.7 Å². The molecule has 0 amide bonds. The van der Waals surface area contributed by atoms with Crippen molar-refractivity contribution in [2.75, 3.05) is 31.8 Å². The highest BCUT2D eigenvalue weighted by Gasteiger charge is 2.10. The molecular formula is C17H19N5O2S2. The number of hydrogen-bond acceptors (Lipinski definition) is 7. The summed E-state index contributed by atoms with van der Waals surface area (Å²) < 4.78 is 6.11. The summed E-state index contributed by atoms with van der Waals surface area (Å²) in [5.41, 5.74) is 7.97. The van der Waals surface area contributed by atoms with Gasteiger partial charge in [0.15, 0.2) is 10.9 Å².